The summed E-state index contributed by atoms with van der Waals surface area (Å²) in [6.07, 6.45) is 4.49. The first-order valence-corrected chi connectivity index (χ1v) is 5.04. The van der Waals surface area contributed by atoms with E-state index in [1.54, 1.807) is 0 Å². The van der Waals surface area contributed by atoms with Crippen LogP contribution in [-0.2, 0) is 12.8 Å². The first-order valence-electron chi connectivity index (χ1n) is 5.04. The van der Waals surface area contributed by atoms with Crippen LogP contribution in [0.25, 0.3) is 11.0 Å². The Morgan fingerprint density at radius 3 is 2.93 bits per heavy atom. The van der Waals surface area contributed by atoms with Gasteiger partial charge in [0.25, 0.3) is 0 Å². The van der Waals surface area contributed by atoms with Gasteiger partial charge in [-0.2, -0.15) is 0 Å². The monoisotopic (exact) mass is 190 g/mol. The van der Waals surface area contributed by atoms with Crippen LogP contribution in [0.1, 0.15) is 24.2 Å². The van der Waals surface area contributed by atoms with Crippen molar-refractivity contribution in [2.24, 2.45) is 0 Å². The second-order valence-electron chi connectivity index (χ2n) is 3.85. The zero-order chi connectivity index (χ0) is 9.54. The number of furan rings is 1. The highest BCUT2D eigenvalue weighted by atomic mass is 19.1. The molecule has 1 aromatic heterocycles. The molecule has 0 N–H and O–H groups in total. The van der Waals surface area contributed by atoms with E-state index in [2.05, 4.69) is 0 Å². The lowest BCUT2D eigenvalue weighted by atomic mass is 9.96. The summed E-state index contributed by atoms with van der Waals surface area (Å²) in [5.74, 6) is 0.848. The molecule has 0 spiro atoms. The molecule has 0 atom stereocenters. The van der Waals surface area contributed by atoms with Crippen molar-refractivity contribution in [3.05, 3.63) is 35.3 Å². The standard InChI is InChI=1S/C12H11FO/c13-8-5-6-10-9-3-1-2-4-11(9)14-12(10)7-8/h5-7H,1-4H2. The zero-order valence-corrected chi connectivity index (χ0v) is 7.85. The minimum atomic E-state index is -0.219. The predicted octanol–water partition coefficient (Wildman–Crippen LogP) is 3.45. The predicted molar refractivity (Wildman–Crippen MR) is 52.8 cm³/mol. The number of rotatable bonds is 0. The fourth-order valence-electron chi connectivity index (χ4n) is 2.24. The second-order valence-corrected chi connectivity index (χ2v) is 3.85. The molecule has 2 aromatic rings. The highest BCUT2D eigenvalue weighted by Crippen LogP contribution is 2.31. The van der Waals surface area contributed by atoms with E-state index >= 15 is 0 Å². The van der Waals surface area contributed by atoms with Crippen LogP contribution >= 0.6 is 0 Å². The Kier molecular flexibility index (Phi) is 1.63. The fourth-order valence-corrected chi connectivity index (χ4v) is 2.24. The lowest BCUT2D eigenvalue weighted by molar-refractivity contribution is 0.504. The molecule has 0 amide bonds. The molecule has 0 saturated carbocycles. The average molecular weight is 190 g/mol. The molecule has 0 radical (unpaired) electrons. The summed E-state index contributed by atoms with van der Waals surface area (Å²) in [7, 11) is 0. The molecule has 1 heterocycles. The summed E-state index contributed by atoms with van der Waals surface area (Å²) in [4.78, 5) is 0. The van der Waals surface area contributed by atoms with E-state index in [1.165, 1.54) is 30.5 Å². The van der Waals surface area contributed by atoms with Crippen LogP contribution in [0, 0.1) is 5.82 Å². The Bertz CT molecular complexity index is 484. The van der Waals surface area contributed by atoms with Crippen molar-refractivity contribution in [3.63, 3.8) is 0 Å². The minimum Gasteiger partial charge on any atom is -0.461 e. The number of hydrogen-bond acceptors (Lipinski definition) is 1. The van der Waals surface area contributed by atoms with Crippen LogP contribution < -0.4 is 0 Å². The molecule has 1 nitrogen and oxygen atoms in total. The molecule has 0 unspecified atom stereocenters. The Morgan fingerprint density at radius 1 is 1.14 bits per heavy atom. The third-order valence-electron chi connectivity index (χ3n) is 2.92. The molecule has 72 valence electrons. The van der Waals surface area contributed by atoms with Crippen molar-refractivity contribution in [1.29, 1.82) is 0 Å². The molecule has 0 aliphatic heterocycles. The minimum absolute atomic E-state index is 0.219. The maximum atomic E-state index is 12.9. The number of aryl methyl sites for hydroxylation is 2. The highest BCUT2D eigenvalue weighted by molar-refractivity contribution is 5.82. The smallest absolute Gasteiger partial charge is 0.137 e. The highest BCUT2D eigenvalue weighted by Gasteiger charge is 2.17. The fraction of sp³-hybridized carbons (Fsp3) is 0.333. The van der Waals surface area contributed by atoms with E-state index in [0.29, 0.717) is 5.58 Å². The van der Waals surface area contributed by atoms with E-state index in [9.17, 15) is 4.39 Å². The van der Waals surface area contributed by atoms with Gasteiger partial charge < -0.3 is 4.42 Å². The van der Waals surface area contributed by atoms with Gasteiger partial charge in [-0.1, -0.05) is 0 Å². The third kappa shape index (κ3) is 1.07. The van der Waals surface area contributed by atoms with Crippen LogP contribution in [0.2, 0.25) is 0 Å². The Balaban J connectivity index is 2.31. The molecule has 1 aromatic carbocycles. The summed E-state index contributed by atoms with van der Waals surface area (Å²) < 4.78 is 18.6. The molecule has 1 aliphatic rings. The van der Waals surface area contributed by atoms with Crippen molar-refractivity contribution < 1.29 is 8.81 Å². The van der Waals surface area contributed by atoms with E-state index in [1.807, 2.05) is 6.07 Å². The van der Waals surface area contributed by atoms with Crippen LogP contribution in [-0.4, -0.2) is 0 Å². The summed E-state index contributed by atoms with van der Waals surface area (Å²) in [6, 6.07) is 4.82. The van der Waals surface area contributed by atoms with Crippen molar-refractivity contribution in [3.8, 4) is 0 Å². The van der Waals surface area contributed by atoms with Gasteiger partial charge in [-0.05, 0) is 31.4 Å². The Labute approximate surface area is 81.5 Å². The third-order valence-corrected chi connectivity index (χ3v) is 2.92. The molecule has 3 rings (SSSR count). The van der Waals surface area contributed by atoms with Crippen molar-refractivity contribution in [2.75, 3.05) is 0 Å². The zero-order valence-electron chi connectivity index (χ0n) is 7.85. The maximum Gasteiger partial charge on any atom is 0.137 e. The van der Waals surface area contributed by atoms with Gasteiger partial charge in [-0.25, -0.2) is 4.39 Å². The quantitative estimate of drug-likeness (QED) is 0.620. The van der Waals surface area contributed by atoms with E-state index in [0.717, 1.165) is 24.0 Å². The first-order chi connectivity index (χ1) is 6.84. The van der Waals surface area contributed by atoms with Gasteiger partial charge in [0, 0.05) is 23.4 Å². The van der Waals surface area contributed by atoms with Gasteiger partial charge in [0.15, 0.2) is 0 Å². The molecule has 2 heteroatoms. The Hall–Kier alpha value is -1.31. The average Bonchev–Trinajstić information content (AvgIpc) is 2.54. The van der Waals surface area contributed by atoms with Crippen molar-refractivity contribution in [2.45, 2.75) is 25.7 Å². The first kappa shape index (κ1) is 8.04. The van der Waals surface area contributed by atoms with E-state index in [-0.39, 0.29) is 5.82 Å². The number of halogens is 1. The summed E-state index contributed by atoms with van der Waals surface area (Å²) in [6.45, 7) is 0. The number of benzene rings is 1. The van der Waals surface area contributed by atoms with Gasteiger partial charge in [0.1, 0.15) is 17.2 Å². The number of hydrogen-bond donors (Lipinski definition) is 0. The normalized spacial score (nSPS) is 15.8. The Morgan fingerprint density at radius 2 is 2.00 bits per heavy atom. The molecule has 1 aliphatic carbocycles. The lowest BCUT2D eigenvalue weighted by Gasteiger charge is -2.08. The lowest BCUT2D eigenvalue weighted by Crippen LogP contribution is -1.98. The van der Waals surface area contributed by atoms with Crippen molar-refractivity contribution in [1.82, 2.24) is 0 Å². The van der Waals surface area contributed by atoms with Gasteiger partial charge in [0.2, 0.25) is 0 Å². The molecule has 0 saturated heterocycles. The van der Waals surface area contributed by atoms with Crippen LogP contribution in [0.3, 0.4) is 0 Å². The molecule has 14 heavy (non-hydrogen) atoms. The maximum absolute atomic E-state index is 12.9. The van der Waals surface area contributed by atoms with Crippen molar-refractivity contribution >= 4 is 11.0 Å². The molecular weight excluding hydrogens is 179 g/mol. The summed E-state index contributed by atoms with van der Waals surface area (Å²) in [5.41, 5.74) is 2.00. The number of fused-ring (bicyclic) bond motifs is 3. The molecule has 0 fully saturated rings. The van der Waals surface area contributed by atoms with Gasteiger partial charge in [-0.15, -0.1) is 0 Å². The van der Waals surface area contributed by atoms with Gasteiger partial charge in [0.05, 0.1) is 0 Å². The van der Waals surface area contributed by atoms with Gasteiger partial charge in [-0.3, -0.25) is 0 Å². The molecular formula is C12H11FO. The topological polar surface area (TPSA) is 13.1 Å². The van der Waals surface area contributed by atoms with Gasteiger partial charge >= 0.3 is 0 Å². The summed E-state index contributed by atoms with van der Waals surface area (Å²) in [5, 5.41) is 1.10. The largest absolute Gasteiger partial charge is 0.461 e. The second kappa shape index (κ2) is 2.84. The van der Waals surface area contributed by atoms with E-state index < -0.39 is 0 Å². The van der Waals surface area contributed by atoms with Crippen LogP contribution in [0.4, 0.5) is 4.39 Å². The van der Waals surface area contributed by atoms with E-state index in [4.69, 9.17) is 4.42 Å². The summed E-state index contributed by atoms with van der Waals surface area (Å²) >= 11 is 0. The van der Waals surface area contributed by atoms with Crippen LogP contribution in [0.15, 0.2) is 22.6 Å². The van der Waals surface area contributed by atoms with Crippen LogP contribution in [0.5, 0.6) is 0 Å². The SMILES string of the molecule is Fc1ccc2c3c(oc2c1)CCCC3. The molecule has 0 bridgehead atoms.